The monoisotopic (exact) mass is 282 g/mol. The number of aromatic nitrogens is 1. The van der Waals surface area contributed by atoms with Gasteiger partial charge in [-0.3, -0.25) is 4.79 Å². The molecule has 0 spiro atoms. The third-order valence-electron chi connectivity index (χ3n) is 3.31. The van der Waals surface area contributed by atoms with Crippen LogP contribution in [0.4, 0.5) is 0 Å². The molecular weight excluding hydrogens is 264 g/mol. The Bertz CT molecular complexity index is 472. The van der Waals surface area contributed by atoms with Crippen molar-refractivity contribution in [2.24, 2.45) is 0 Å². The predicted octanol–water partition coefficient (Wildman–Crippen LogP) is 1.85. The van der Waals surface area contributed by atoms with Crippen molar-refractivity contribution in [3.8, 4) is 0 Å². The minimum atomic E-state index is -0.888. The Morgan fingerprint density at radius 1 is 1.58 bits per heavy atom. The highest BCUT2D eigenvalue weighted by Gasteiger charge is 2.33. The number of carboxylic acid groups (broad SMARTS) is 1. The molecule has 0 bridgehead atoms. The maximum Gasteiger partial charge on any atom is 0.326 e. The van der Waals surface area contributed by atoms with E-state index < -0.39 is 12.0 Å². The number of carboxylic acids is 1. The van der Waals surface area contributed by atoms with E-state index in [0.717, 1.165) is 30.0 Å². The van der Waals surface area contributed by atoms with E-state index in [-0.39, 0.29) is 5.91 Å². The summed E-state index contributed by atoms with van der Waals surface area (Å²) in [5, 5.41) is 12.1. The number of rotatable bonds is 5. The van der Waals surface area contributed by atoms with Crippen molar-refractivity contribution in [2.75, 3.05) is 6.54 Å². The van der Waals surface area contributed by atoms with Crippen LogP contribution in [0.25, 0.3) is 0 Å². The van der Waals surface area contributed by atoms with Crippen molar-refractivity contribution < 1.29 is 14.7 Å². The number of likely N-dealkylation sites (tertiary alicyclic amines) is 1. The van der Waals surface area contributed by atoms with Gasteiger partial charge < -0.3 is 10.0 Å². The molecule has 1 N–H and O–H groups in total. The van der Waals surface area contributed by atoms with E-state index in [4.69, 9.17) is 5.11 Å². The second-order valence-corrected chi connectivity index (χ2v) is 5.76. The first kappa shape index (κ1) is 14.0. The van der Waals surface area contributed by atoms with Crippen molar-refractivity contribution >= 4 is 23.2 Å². The number of thiazole rings is 1. The zero-order valence-corrected chi connectivity index (χ0v) is 11.8. The zero-order chi connectivity index (χ0) is 13.8. The summed E-state index contributed by atoms with van der Waals surface area (Å²) in [4.78, 5) is 28.9. The molecule has 2 rings (SSSR count). The van der Waals surface area contributed by atoms with Gasteiger partial charge in [0, 0.05) is 24.0 Å². The van der Waals surface area contributed by atoms with Crippen LogP contribution < -0.4 is 0 Å². The van der Waals surface area contributed by atoms with Gasteiger partial charge >= 0.3 is 5.97 Å². The number of hydrogen-bond donors (Lipinski definition) is 1. The van der Waals surface area contributed by atoms with Crippen molar-refractivity contribution in [3.63, 3.8) is 0 Å². The van der Waals surface area contributed by atoms with Crippen molar-refractivity contribution in [3.05, 3.63) is 16.1 Å². The quantitative estimate of drug-likeness (QED) is 0.894. The van der Waals surface area contributed by atoms with E-state index >= 15 is 0 Å². The first-order chi connectivity index (χ1) is 9.08. The SMILES string of the molecule is Cc1csc(CCCC(=O)N2CCC[C@@H]2C(=O)O)n1. The molecular formula is C13H18N2O3S. The van der Waals surface area contributed by atoms with E-state index in [2.05, 4.69) is 4.98 Å². The lowest BCUT2D eigenvalue weighted by molar-refractivity contribution is -0.148. The summed E-state index contributed by atoms with van der Waals surface area (Å²) in [6.07, 6.45) is 3.29. The first-order valence-corrected chi connectivity index (χ1v) is 7.39. The third kappa shape index (κ3) is 3.53. The summed E-state index contributed by atoms with van der Waals surface area (Å²) in [6.45, 7) is 2.53. The highest BCUT2D eigenvalue weighted by atomic mass is 32.1. The minimum absolute atomic E-state index is 0.0434. The van der Waals surface area contributed by atoms with Crippen LogP contribution in [-0.4, -0.2) is 39.5 Å². The number of hydrogen-bond acceptors (Lipinski definition) is 4. The predicted molar refractivity (Wildman–Crippen MR) is 72.2 cm³/mol. The van der Waals surface area contributed by atoms with Gasteiger partial charge in [-0.1, -0.05) is 0 Å². The zero-order valence-electron chi connectivity index (χ0n) is 11.0. The van der Waals surface area contributed by atoms with Crippen LogP contribution in [0.15, 0.2) is 5.38 Å². The van der Waals surface area contributed by atoms with E-state index in [1.807, 2.05) is 12.3 Å². The van der Waals surface area contributed by atoms with Crippen LogP contribution in [0.3, 0.4) is 0 Å². The van der Waals surface area contributed by atoms with E-state index in [1.165, 1.54) is 4.90 Å². The average molecular weight is 282 g/mol. The van der Waals surface area contributed by atoms with Crippen molar-refractivity contribution in [1.29, 1.82) is 0 Å². The van der Waals surface area contributed by atoms with Crippen LogP contribution in [0.5, 0.6) is 0 Å². The minimum Gasteiger partial charge on any atom is -0.480 e. The summed E-state index contributed by atoms with van der Waals surface area (Å²) < 4.78 is 0. The summed E-state index contributed by atoms with van der Waals surface area (Å²) in [7, 11) is 0. The molecule has 1 atom stereocenters. The fraction of sp³-hybridized carbons (Fsp3) is 0.615. The number of carbonyl (C=O) groups excluding carboxylic acids is 1. The molecule has 104 valence electrons. The molecule has 0 aliphatic carbocycles. The Morgan fingerprint density at radius 3 is 3.00 bits per heavy atom. The Morgan fingerprint density at radius 2 is 2.37 bits per heavy atom. The smallest absolute Gasteiger partial charge is 0.326 e. The fourth-order valence-electron chi connectivity index (χ4n) is 2.37. The lowest BCUT2D eigenvalue weighted by Crippen LogP contribution is -2.40. The number of aliphatic carboxylic acids is 1. The van der Waals surface area contributed by atoms with Gasteiger partial charge in [-0.05, 0) is 32.6 Å². The van der Waals surface area contributed by atoms with Crippen molar-refractivity contribution in [1.82, 2.24) is 9.88 Å². The van der Waals surface area contributed by atoms with E-state index in [1.54, 1.807) is 11.3 Å². The lowest BCUT2D eigenvalue weighted by Gasteiger charge is -2.21. The largest absolute Gasteiger partial charge is 0.480 e. The Labute approximate surface area is 116 Å². The summed E-state index contributed by atoms with van der Waals surface area (Å²) in [5.41, 5.74) is 1.01. The second-order valence-electron chi connectivity index (χ2n) is 4.82. The van der Waals surface area contributed by atoms with Gasteiger partial charge in [0.1, 0.15) is 6.04 Å². The highest BCUT2D eigenvalue weighted by Crippen LogP contribution is 2.19. The molecule has 1 aliphatic heterocycles. The summed E-state index contributed by atoms with van der Waals surface area (Å²) in [6, 6.07) is -0.616. The average Bonchev–Trinajstić information content (AvgIpc) is 2.97. The molecule has 6 heteroatoms. The number of nitrogens with zero attached hydrogens (tertiary/aromatic N) is 2. The molecule has 1 aliphatic rings. The van der Waals surface area contributed by atoms with Crippen molar-refractivity contribution in [2.45, 2.75) is 45.1 Å². The topological polar surface area (TPSA) is 70.5 Å². The molecule has 0 saturated carbocycles. The number of amides is 1. The van der Waals surface area contributed by atoms with Crippen LogP contribution in [0.2, 0.25) is 0 Å². The number of aryl methyl sites for hydroxylation is 2. The van der Waals surface area contributed by atoms with E-state index in [9.17, 15) is 9.59 Å². The fourth-order valence-corrected chi connectivity index (χ4v) is 3.19. The highest BCUT2D eigenvalue weighted by molar-refractivity contribution is 7.09. The number of carbonyl (C=O) groups is 2. The van der Waals surface area contributed by atoms with Gasteiger partial charge in [0.05, 0.1) is 5.01 Å². The van der Waals surface area contributed by atoms with Crippen LogP contribution >= 0.6 is 11.3 Å². The van der Waals surface area contributed by atoms with Gasteiger partial charge in [0.2, 0.25) is 5.91 Å². The molecule has 2 heterocycles. The lowest BCUT2D eigenvalue weighted by atomic mass is 10.2. The Hall–Kier alpha value is -1.43. The maximum absolute atomic E-state index is 12.0. The summed E-state index contributed by atoms with van der Waals surface area (Å²) in [5.74, 6) is -0.931. The molecule has 5 nitrogen and oxygen atoms in total. The molecule has 1 fully saturated rings. The van der Waals surface area contributed by atoms with Crippen LogP contribution in [0.1, 0.15) is 36.4 Å². The molecule has 1 aromatic rings. The molecule has 19 heavy (non-hydrogen) atoms. The van der Waals surface area contributed by atoms with Gasteiger partial charge in [-0.2, -0.15) is 0 Å². The molecule has 0 aromatic carbocycles. The second kappa shape index (κ2) is 6.14. The van der Waals surface area contributed by atoms with Crippen LogP contribution in [-0.2, 0) is 16.0 Å². The molecule has 1 saturated heterocycles. The normalized spacial score (nSPS) is 18.8. The van der Waals surface area contributed by atoms with Crippen LogP contribution in [0, 0.1) is 6.92 Å². The molecule has 0 radical (unpaired) electrons. The maximum atomic E-state index is 12.0. The summed E-state index contributed by atoms with van der Waals surface area (Å²) >= 11 is 1.61. The first-order valence-electron chi connectivity index (χ1n) is 6.51. The molecule has 1 amide bonds. The Balaban J connectivity index is 1.79. The Kier molecular flexibility index (Phi) is 4.52. The van der Waals surface area contributed by atoms with Gasteiger partial charge in [0.25, 0.3) is 0 Å². The standard InChI is InChI=1S/C13H18N2O3S/c1-9-8-19-11(14-9)5-2-6-12(16)15-7-3-4-10(15)13(17)18/h8,10H,2-7H2,1H3,(H,17,18)/t10-/m1/s1. The van der Waals surface area contributed by atoms with Gasteiger partial charge in [-0.25, -0.2) is 9.78 Å². The van der Waals surface area contributed by atoms with Gasteiger partial charge in [-0.15, -0.1) is 11.3 Å². The van der Waals surface area contributed by atoms with Gasteiger partial charge in [0.15, 0.2) is 0 Å². The molecule has 0 unspecified atom stereocenters. The third-order valence-corrected chi connectivity index (χ3v) is 4.33. The van der Waals surface area contributed by atoms with E-state index in [0.29, 0.717) is 19.4 Å². The molecule has 1 aromatic heterocycles.